The monoisotopic (exact) mass is 315 g/mol. The van der Waals surface area contributed by atoms with E-state index in [1.807, 2.05) is 6.08 Å². The Hall–Kier alpha value is -1.79. The predicted octanol–water partition coefficient (Wildman–Crippen LogP) is 2.50. The largest absolute Gasteiger partial charge is 0.471 e. The fourth-order valence-electron chi connectivity index (χ4n) is 3.65. The zero-order valence-electron chi connectivity index (χ0n) is 11.9. The Morgan fingerprint density at radius 3 is 2.82 bits per heavy atom. The summed E-state index contributed by atoms with van der Waals surface area (Å²) >= 11 is 0. The van der Waals surface area contributed by atoms with E-state index in [0.29, 0.717) is 37.7 Å². The number of rotatable bonds is 1. The van der Waals surface area contributed by atoms with Gasteiger partial charge in [0.25, 0.3) is 0 Å². The summed E-state index contributed by atoms with van der Waals surface area (Å²) in [7, 11) is 0. The van der Waals surface area contributed by atoms with Crippen LogP contribution in [0.1, 0.15) is 32.1 Å². The van der Waals surface area contributed by atoms with E-state index < -0.39 is 29.7 Å². The maximum Gasteiger partial charge on any atom is 0.471 e. The second-order valence-electron chi connectivity index (χ2n) is 5.87. The number of piperidine rings is 1. The Bertz CT molecular complexity index is 567. The second-order valence-corrected chi connectivity index (χ2v) is 5.87. The van der Waals surface area contributed by atoms with E-state index in [2.05, 4.69) is 0 Å². The summed E-state index contributed by atoms with van der Waals surface area (Å²) in [6.07, 6.45) is 2.54. The number of hydrogen-bond donors (Lipinski definition) is 0. The molecule has 1 aliphatic carbocycles. The molecule has 120 valence electrons. The van der Waals surface area contributed by atoms with Crippen LogP contribution in [-0.4, -0.2) is 41.1 Å². The summed E-state index contributed by atoms with van der Waals surface area (Å²) < 4.78 is 44.0. The zero-order valence-corrected chi connectivity index (χ0v) is 11.9. The maximum atomic E-state index is 12.9. The molecule has 3 rings (SSSR count). The molecule has 7 heteroatoms. The van der Waals surface area contributed by atoms with Crippen molar-refractivity contribution in [3.63, 3.8) is 0 Å². The number of amides is 1. The van der Waals surface area contributed by atoms with Crippen molar-refractivity contribution in [2.75, 3.05) is 6.54 Å². The molecule has 0 saturated carbocycles. The predicted molar refractivity (Wildman–Crippen MR) is 70.7 cm³/mol. The van der Waals surface area contributed by atoms with Gasteiger partial charge in [-0.3, -0.25) is 4.79 Å². The van der Waals surface area contributed by atoms with Gasteiger partial charge in [0.2, 0.25) is 0 Å². The molecular weight excluding hydrogens is 299 g/mol. The van der Waals surface area contributed by atoms with Crippen molar-refractivity contribution in [3.8, 4) is 0 Å². The number of nitrogens with zero attached hydrogens (tertiary/aromatic N) is 1. The number of carbonyl (C=O) groups is 2. The summed E-state index contributed by atoms with van der Waals surface area (Å²) in [6, 6.07) is -0.752. The minimum Gasteiger partial charge on any atom is -0.449 e. The van der Waals surface area contributed by atoms with E-state index in [-0.39, 0.29) is 6.54 Å². The molecule has 1 saturated heterocycles. The van der Waals surface area contributed by atoms with Gasteiger partial charge < -0.3 is 9.64 Å². The van der Waals surface area contributed by atoms with Crippen LogP contribution >= 0.6 is 0 Å². The molecule has 3 aliphatic rings. The van der Waals surface area contributed by atoms with E-state index >= 15 is 0 Å². The van der Waals surface area contributed by atoms with Crippen molar-refractivity contribution in [2.24, 2.45) is 0 Å². The van der Waals surface area contributed by atoms with E-state index in [1.165, 1.54) is 6.08 Å². The number of allylic oxidation sites excluding steroid dienone is 1. The van der Waals surface area contributed by atoms with Gasteiger partial charge in [-0.25, -0.2) is 4.79 Å². The number of ether oxygens (including phenoxy) is 1. The van der Waals surface area contributed by atoms with Gasteiger partial charge >= 0.3 is 18.1 Å². The molecule has 0 aromatic heterocycles. The minimum atomic E-state index is -4.91. The highest BCUT2D eigenvalue weighted by Crippen LogP contribution is 2.45. The van der Waals surface area contributed by atoms with Gasteiger partial charge in [0.15, 0.2) is 5.60 Å². The molecule has 0 aromatic rings. The summed E-state index contributed by atoms with van der Waals surface area (Å²) in [4.78, 5) is 24.3. The normalized spacial score (nSPS) is 31.6. The van der Waals surface area contributed by atoms with Crippen LogP contribution in [0.4, 0.5) is 13.2 Å². The van der Waals surface area contributed by atoms with Crippen LogP contribution in [0.3, 0.4) is 0 Å². The fourth-order valence-corrected chi connectivity index (χ4v) is 3.65. The Balaban J connectivity index is 1.97. The zero-order chi connectivity index (χ0) is 16.0. The van der Waals surface area contributed by atoms with Crippen molar-refractivity contribution < 1.29 is 27.5 Å². The van der Waals surface area contributed by atoms with Crippen LogP contribution in [0, 0.1) is 0 Å². The molecule has 2 heterocycles. The van der Waals surface area contributed by atoms with Crippen LogP contribution < -0.4 is 0 Å². The van der Waals surface area contributed by atoms with E-state index in [9.17, 15) is 22.8 Å². The molecular formula is C15H16F3NO3. The number of esters is 1. The molecule has 0 aromatic carbocycles. The van der Waals surface area contributed by atoms with Crippen LogP contribution in [0.5, 0.6) is 0 Å². The summed E-state index contributed by atoms with van der Waals surface area (Å²) in [6.45, 7) is 0.0410. The number of fused-ring (bicyclic) bond motifs is 1. The molecule has 0 N–H and O–H groups in total. The highest BCUT2D eigenvalue weighted by atomic mass is 19.4. The van der Waals surface area contributed by atoms with Gasteiger partial charge in [-0.15, -0.1) is 0 Å². The molecule has 22 heavy (non-hydrogen) atoms. The average molecular weight is 315 g/mol. The molecule has 0 spiro atoms. The van der Waals surface area contributed by atoms with Crippen LogP contribution in [0.2, 0.25) is 0 Å². The first-order chi connectivity index (χ1) is 10.3. The molecule has 0 radical (unpaired) electrons. The highest BCUT2D eigenvalue weighted by molar-refractivity contribution is 5.88. The van der Waals surface area contributed by atoms with Gasteiger partial charge in [-0.05, 0) is 31.3 Å². The van der Waals surface area contributed by atoms with Crippen LogP contribution in [0.15, 0.2) is 23.8 Å². The molecule has 1 fully saturated rings. The summed E-state index contributed by atoms with van der Waals surface area (Å²) in [5.41, 5.74) is -0.445. The van der Waals surface area contributed by atoms with Gasteiger partial charge in [0, 0.05) is 19.0 Å². The molecule has 0 bridgehead atoms. The summed E-state index contributed by atoms with van der Waals surface area (Å²) in [5.74, 6) is -2.38. The van der Waals surface area contributed by atoms with Gasteiger partial charge in [0.05, 0.1) is 6.04 Å². The van der Waals surface area contributed by atoms with Gasteiger partial charge in [-0.2, -0.15) is 13.2 Å². The molecule has 2 aliphatic heterocycles. The van der Waals surface area contributed by atoms with Gasteiger partial charge in [0.1, 0.15) is 0 Å². The van der Waals surface area contributed by atoms with Crippen molar-refractivity contribution in [1.29, 1.82) is 0 Å². The van der Waals surface area contributed by atoms with Crippen LogP contribution in [-0.2, 0) is 14.3 Å². The number of hydrogen-bond acceptors (Lipinski definition) is 3. The SMILES string of the molecule is O=C1C=C2CC=CC[C@]2([C@@H]2CCCCN2C(=O)C(F)(F)F)O1. The highest BCUT2D eigenvalue weighted by Gasteiger charge is 2.55. The first-order valence-corrected chi connectivity index (χ1v) is 7.31. The standard InChI is InChI=1S/C15H16F3NO3/c16-15(17,18)13(21)19-8-4-2-6-11(19)14-7-3-1-5-10(14)9-12(20)22-14/h1,3,9,11H,2,4-8H2/t11-,14-/m0/s1. The minimum absolute atomic E-state index is 0.0410. The third kappa shape index (κ3) is 2.32. The van der Waals surface area contributed by atoms with Crippen molar-refractivity contribution >= 4 is 11.9 Å². The number of likely N-dealkylation sites (tertiary alicyclic amines) is 1. The van der Waals surface area contributed by atoms with Crippen molar-refractivity contribution in [1.82, 2.24) is 4.90 Å². The van der Waals surface area contributed by atoms with E-state index in [4.69, 9.17) is 4.74 Å². The Morgan fingerprint density at radius 1 is 1.32 bits per heavy atom. The molecule has 2 atom stereocenters. The molecule has 1 amide bonds. The fraction of sp³-hybridized carbons (Fsp3) is 0.600. The third-order valence-corrected chi connectivity index (χ3v) is 4.59. The molecule has 4 nitrogen and oxygen atoms in total. The average Bonchev–Trinajstić information content (AvgIpc) is 2.82. The lowest BCUT2D eigenvalue weighted by Gasteiger charge is -2.47. The number of halogens is 3. The lowest BCUT2D eigenvalue weighted by atomic mass is 9.75. The Kier molecular flexibility index (Phi) is 3.53. The van der Waals surface area contributed by atoms with E-state index in [1.54, 1.807) is 6.08 Å². The maximum absolute atomic E-state index is 12.9. The Morgan fingerprint density at radius 2 is 2.09 bits per heavy atom. The quantitative estimate of drug-likeness (QED) is 0.552. The first-order valence-electron chi connectivity index (χ1n) is 7.31. The second kappa shape index (κ2) is 5.14. The van der Waals surface area contributed by atoms with E-state index in [0.717, 1.165) is 4.90 Å². The van der Waals surface area contributed by atoms with Crippen LogP contribution in [0.25, 0.3) is 0 Å². The summed E-state index contributed by atoms with van der Waals surface area (Å²) in [5, 5.41) is 0. The first kappa shape index (κ1) is 15.1. The molecule has 0 unspecified atom stereocenters. The lowest BCUT2D eigenvalue weighted by molar-refractivity contribution is -0.195. The third-order valence-electron chi connectivity index (χ3n) is 4.59. The topological polar surface area (TPSA) is 46.6 Å². The number of alkyl halides is 3. The van der Waals surface area contributed by atoms with Gasteiger partial charge in [-0.1, -0.05) is 12.2 Å². The Labute approximate surface area is 125 Å². The number of carbonyl (C=O) groups excluding carboxylic acids is 2. The smallest absolute Gasteiger partial charge is 0.449 e. The van der Waals surface area contributed by atoms with Crippen molar-refractivity contribution in [3.05, 3.63) is 23.8 Å². The van der Waals surface area contributed by atoms with Crippen molar-refractivity contribution in [2.45, 2.75) is 49.9 Å². The lowest BCUT2D eigenvalue weighted by Crippen LogP contribution is -2.60.